The van der Waals surface area contributed by atoms with Gasteiger partial charge < -0.3 is 23.6 Å². The highest BCUT2D eigenvalue weighted by molar-refractivity contribution is 7.83. The third kappa shape index (κ3) is 38.3. The molecule has 15 heteroatoms. The van der Waals surface area contributed by atoms with Crippen LogP contribution in [0.3, 0.4) is 0 Å². The van der Waals surface area contributed by atoms with Crippen molar-refractivity contribution in [3.63, 3.8) is 0 Å². The molecule has 19 heavy (non-hydrogen) atoms. The molecule has 0 saturated carbocycles. The summed E-state index contributed by atoms with van der Waals surface area (Å²) in [7, 11) is -10.0. The second-order valence-electron chi connectivity index (χ2n) is 2.08. The summed E-state index contributed by atoms with van der Waals surface area (Å²) in [6.07, 6.45) is 0. The van der Waals surface area contributed by atoms with Crippen LogP contribution in [0.25, 0.3) is 0 Å². The standard InChI is InChI=1S/C4H6O2.3H3N.H2O8S2/c1-3(2)4(5)6;;;;1-9(2,3)7-8-10(4,5)6/h1H2,2H3,(H,5,6);3*1H3;(H,1,2,3)(H,4,5,6). The van der Waals surface area contributed by atoms with Crippen molar-refractivity contribution in [1.82, 2.24) is 18.5 Å². The maximum Gasteiger partial charge on any atom is 0.425 e. The highest BCUT2D eigenvalue weighted by Gasteiger charge is 2.13. The van der Waals surface area contributed by atoms with Crippen LogP contribution in [0.4, 0.5) is 0 Å². The summed E-state index contributed by atoms with van der Waals surface area (Å²) in [4.78, 5) is 9.60. The fourth-order valence-electron chi connectivity index (χ4n) is 0.0702. The van der Waals surface area contributed by atoms with Gasteiger partial charge in [-0.3, -0.25) is 9.11 Å². The van der Waals surface area contributed by atoms with Crippen molar-refractivity contribution in [3.05, 3.63) is 12.2 Å². The van der Waals surface area contributed by atoms with Gasteiger partial charge >= 0.3 is 26.8 Å². The lowest BCUT2D eigenvalue weighted by atomic mass is 10.4. The van der Waals surface area contributed by atoms with Crippen LogP contribution in [-0.2, 0) is 34.3 Å². The topological polar surface area (TPSA) is 269 Å². The molecule has 0 amide bonds. The third-order valence-corrected chi connectivity index (χ3v) is 1.13. The summed E-state index contributed by atoms with van der Waals surface area (Å²) >= 11 is 0. The van der Waals surface area contributed by atoms with Crippen LogP contribution in [0.15, 0.2) is 12.2 Å². The Morgan fingerprint density at radius 2 is 1.11 bits per heavy atom. The van der Waals surface area contributed by atoms with E-state index in [2.05, 4.69) is 15.2 Å². The van der Waals surface area contributed by atoms with Gasteiger partial charge in [0.25, 0.3) is 0 Å². The molecule has 0 aromatic carbocycles. The normalized spacial score (nSPS) is 9.42. The van der Waals surface area contributed by atoms with Crippen LogP contribution in [-0.4, -0.2) is 37.0 Å². The van der Waals surface area contributed by atoms with Crippen LogP contribution in [0.2, 0.25) is 0 Å². The van der Waals surface area contributed by atoms with Crippen LogP contribution in [0.5, 0.6) is 0 Å². The fourth-order valence-corrected chi connectivity index (χ4v) is 0.632. The van der Waals surface area contributed by atoms with Crippen molar-refractivity contribution >= 4 is 26.8 Å². The monoisotopic (exact) mass is 331 g/mol. The summed E-state index contributed by atoms with van der Waals surface area (Å²) < 4.78 is 58.9. The van der Waals surface area contributed by atoms with E-state index in [-0.39, 0.29) is 24.0 Å². The van der Waals surface area contributed by atoms with E-state index in [1.165, 1.54) is 6.92 Å². The van der Waals surface area contributed by atoms with E-state index in [0.29, 0.717) is 0 Å². The molecule has 0 spiro atoms. The number of rotatable bonds is 4. The summed E-state index contributed by atoms with van der Waals surface area (Å²) in [6, 6.07) is 0. The third-order valence-electron chi connectivity index (χ3n) is 0.565. The molecular formula is C4H17N3O10S2. The zero-order valence-corrected chi connectivity index (χ0v) is 11.5. The Balaban J connectivity index is -0.0000000646. The molecule has 0 saturated heterocycles. The molecule has 0 aromatic heterocycles. The maximum absolute atomic E-state index is 9.60. The van der Waals surface area contributed by atoms with Crippen molar-refractivity contribution in [2.75, 3.05) is 0 Å². The van der Waals surface area contributed by atoms with Gasteiger partial charge in [0.1, 0.15) is 0 Å². The number of carboxylic acids is 1. The average Bonchev–Trinajstić information content (AvgIpc) is 1.99. The first-order valence-corrected chi connectivity index (χ1v) is 5.79. The highest BCUT2D eigenvalue weighted by atomic mass is 32.3. The molecule has 0 radical (unpaired) electrons. The first kappa shape index (κ1) is 30.7. The minimum Gasteiger partial charge on any atom is -0.478 e. The molecule has 0 aliphatic rings. The SMILES string of the molecule is C=C(C)C(=O)O.N.N.N.O=S(=O)(O)OOS(=O)(=O)O. The molecule has 0 heterocycles. The van der Waals surface area contributed by atoms with Crippen LogP contribution < -0.4 is 18.5 Å². The Morgan fingerprint density at radius 3 is 1.16 bits per heavy atom. The van der Waals surface area contributed by atoms with Gasteiger partial charge in [-0.1, -0.05) is 15.2 Å². The molecule has 0 aromatic rings. The zero-order valence-electron chi connectivity index (χ0n) is 9.84. The smallest absolute Gasteiger partial charge is 0.425 e. The lowest BCUT2D eigenvalue weighted by molar-refractivity contribution is -0.132. The van der Waals surface area contributed by atoms with Crippen molar-refractivity contribution in [2.45, 2.75) is 6.92 Å². The van der Waals surface area contributed by atoms with Gasteiger partial charge in [-0.15, -0.1) is 0 Å². The molecule has 12 N–H and O–H groups in total. The second-order valence-corrected chi connectivity index (χ2v) is 4.06. The minimum absolute atomic E-state index is 0. The van der Waals surface area contributed by atoms with E-state index in [1.807, 2.05) is 0 Å². The Hall–Kier alpha value is -1.17. The summed E-state index contributed by atoms with van der Waals surface area (Å²) in [6.45, 7) is 4.60. The van der Waals surface area contributed by atoms with Gasteiger partial charge in [0.05, 0.1) is 0 Å². The van der Waals surface area contributed by atoms with E-state index in [9.17, 15) is 21.6 Å². The van der Waals surface area contributed by atoms with Crippen LogP contribution >= 0.6 is 0 Å². The number of aliphatic carboxylic acids is 1. The van der Waals surface area contributed by atoms with Crippen LogP contribution in [0.1, 0.15) is 6.92 Å². The van der Waals surface area contributed by atoms with Gasteiger partial charge in [-0.25, -0.2) is 4.79 Å². The molecular weight excluding hydrogens is 314 g/mol. The van der Waals surface area contributed by atoms with Gasteiger partial charge in [0, 0.05) is 5.57 Å². The summed E-state index contributed by atoms with van der Waals surface area (Å²) in [5.74, 6) is -0.935. The second kappa shape index (κ2) is 11.9. The number of hydrogen-bond acceptors (Lipinski definition) is 10. The molecule has 13 nitrogen and oxygen atoms in total. The van der Waals surface area contributed by atoms with E-state index in [4.69, 9.17) is 14.2 Å². The predicted octanol–water partition coefficient (Wildman–Crippen LogP) is -0.327. The van der Waals surface area contributed by atoms with Gasteiger partial charge in [0.2, 0.25) is 0 Å². The quantitative estimate of drug-likeness (QED) is 0.167. The van der Waals surface area contributed by atoms with Gasteiger partial charge in [-0.05, 0) is 6.92 Å². The first-order valence-electron chi connectivity index (χ1n) is 3.06. The van der Waals surface area contributed by atoms with Crippen molar-refractivity contribution < 1.29 is 44.5 Å². The number of carbonyl (C=O) groups is 1. The molecule has 0 bridgehead atoms. The zero-order chi connectivity index (χ0) is 13.6. The molecule has 0 rings (SSSR count). The van der Waals surface area contributed by atoms with E-state index in [0.717, 1.165) is 0 Å². The van der Waals surface area contributed by atoms with Crippen LogP contribution in [0, 0.1) is 0 Å². The molecule has 0 unspecified atom stereocenters. The number of hydrogen-bond donors (Lipinski definition) is 6. The molecule has 0 fully saturated rings. The average molecular weight is 331 g/mol. The molecule has 0 atom stereocenters. The van der Waals surface area contributed by atoms with Gasteiger partial charge in [0.15, 0.2) is 0 Å². The minimum atomic E-state index is -5.02. The number of carboxylic acid groups (broad SMARTS) is 1. The largest absolute Gasteiger partial charge is 0.478 e. The van der Waals surface area contributed by atoms with E-state index < -0.39 is 26.8 Å². The molecule has 0 aliphatic carbocycles. The fraction of sp³-hybridized carbons (Fsp3) is 0.250. The maximum atomic E-state index is 9.60. The van der Waals surface area contributed by atoms with Crippen molar-refractivity contribution in [2.24, 2.45) is 0 Å². The van der Waals surface area contributed by atoms with E-state index >= 15 is 0 Å². The lowest BCUT2D eigenvalue weighted by Gasteiger charge is -1.92. The van der Waals surface area contributed by atoms with Crippen molar-refractivity contribution in [3.8, 4) is 0 Å². The van der Waals surface area contributed by atoms with E-state index in [1.54, 1.807) is 0 Å². The Kier molecular flexibility index (Phi) is 19.2. The first-order chi connectivity index (χ1) is 6.85. The molecule has 0 aliphatic heterocycles. The van der Waals surface area contributed by atoms with Crippen molar-refractivity contribution in [1.29, 1.82) is 0 Å². The Bertz CT molecular complexity index is 409. The summed E-state index contributed by atoms with van der Waals surface area (Å²) in [5, 5.41) is 7.89. The van der Waals surface area contributed by atoms with Gasteiger partial charge in [-0.2, -0.15) is 16.8 Å². The molecule has 120 valence electrons. The Labute approximate surface area is 109 Å². The predicted molar refractivity (Wildman–Crippen MR) is 62.8 cm³/mol. The Morgan fingerprint density at radius 1 is 0.947 bits per heavy atom. The summed E-state index contributed by atoms with van der Waals surface area (Å²) in [5.41, 5.74) is 0.176. The lowest BCUT2D eigenvalue weighted by Crippen LogP contribution is -2.10. The highest BCUT2D eigenvalue weighted by Crippen LogP contribution is 1.92.